The van der Waals surface area contributed by atoms with Gasteiger partial charge in [-0.3, -0.25) is 0 Å². The minimum absolute atomic E-state index is 0.186. The van der Waals surface area contributed by atoms with Crippen molar-refractivity contribution in [1.82, 2.24) is 0 Å². The molecule has 3 rings (SSSR count). The number of carbonyl (C=O) groups is 2. The van der Waals surface area contributed by atoms with Gasteiger partial charge in [-0.05, 0) is 29.8 Å². The number of cyclic esters (lactones) is 2. The van der Waals surface area contributed by atoms with E-state index in [9.17, 15) is 9.59 Å². The Hall–Kier alpha value is -3.28. The Morgan fingerprint density at radius 2 is 1.58 bits per heavy atom. The maximum atomic E-state index is 11.9. The molecule has 1 saturated heterocycles. The van der Waals surface area contributed by atoms with Crippen molar-refractivity contribution in [1.29, 1.82) is 0 Å². The summed E-state index contributed by atoms with van der Waals surface area (Å²) in [6, 6.07) is 17.0. The summed E-state index contributed by atoms with van der Waals surface area (Å²) < 4.78 is 15.8. The van der Waals surface area contributed by atoms with E-state index < -0.39 is 17.7 Å². The number of benzene rings is 2. The van der Waals surface area contributed by atoms with Crippen LogP contribution in [0.25, 0.3) is 0 Å². The molecule has 0 bridgehead atoms. The summed E-state index contributed by atoms with van der Waals surface area (Å²) in [7, 11) is 0. The fourth-order valence-corrected chi connectivity index (χ4v) is 2.32. The molecule has 26 heavy (non-hydrogen) atoms. The molecule has 1 heterocycles. The number of carbonyl (C=O) groups excluding carboxylic acids is 2. The Bertz CT molecular complexity index is 803. The standard InChI is InChI=1S/C20H19NO5/c1-20(2)25-18(22)17(19(23)26-20)12-21-15-8-10-16(11-9-15)24-13-14-6-4-3-5-7-14/h3-12,21H,13H2,1-2H3. The van der Waals surface area contributed by atoms with E-state index in [1.165, 1.54) is 20.0 Å². The average Bonchev–Trinajstić information content (AvgIpc) is 2.60. The zero-order chi connectivity index (χ0) is 18.6. The average molecular weight is 353 g/mol. The molecular formula is C20H19NO5. The minimum Gasteiger partial charge on any atom is -0.489 e. The van der Waals surface area contributed by atoms with Crippen molar-refractivity contribution in [3.8, 4) is 5.75 Å². The summed E-state index contributed by atoms with van der Waals surface area (Å²) in [5, 5.41) is 2.88. The molecule has 134 valence electrons. The van der Waals surface area contributed by atoms with Gasteiger partial charge in [0.2, 0.25) is 0 Å². The summed E-state index contributed by atoms with van der Waals surface area (Å²) in [4.78, 5) is 23.7. The van der Waals surface area contributed by atoms with Crippen LogP contribution in [0.3, 0.4) is 0 Å². The van der Waals surface area contributed by atoms with Crippen molar-refractivity contribution in [2.45, 2.75) is 26.2 Å². The minimum atomic E-state index is -1.25. The predicted molar refractivity (Wildman–Crippen MR) is 95.2 cm³/mol. The van der Waals surface area contributed by atoms with Crippen LogP contribution in [0.4, 0.5) is 5.69 Å². The first-order chi connectivity index (χ1) is 12.4. The molecule has 0 unspecified atom stereocenters. The topological polar surface area (TPSA) is 73.9 Å². The van der Waals surface area contributed by atoms with Crippen LogP contribution in [-0.2, 0) is 25.7 Å². The predicted octanol–water partition coefficient (Wildman–Crippen LogP) is 3.40. The number of rotatable bonds is 5. The van der Waals surface area contributed by atoms with E-state index in [2.05, 4.69) is 5.32 Å². The van der Waals surface area contributed by atoms with E-state index >= 15 is 0 Å². The summed E-state index contributed by atoms with van der Waals surface area (Å²) in [5.41, 5.74) is 1.58. The van der Waals surface area contributed by atoms with E-state index in [-0.39, 0.29) is 5.57 Å². The largest absolute Gasteiger partial charge is 0.489 e. The summed E-state index contributed by atoms with van der Waals surface area (Å²) >= 11 is 0. The highest BCUT2D eigenvalue weighted by Crippen LogP contribution is 2.23. The van der Waals surface area contributed by atoms with Crippen LogP contribution in [0.1, 0.15) is 19.4 Å². The Morgan fingerprint density at radius 1 is 0.962 bits per heavy atom. The van der Waals surface area contributed by atoms with Gasteiger partial charge < -0.3 is 19.5 Å². The maximum Gasteiger partial charge on any atom is 0.350 e. The second-order valence-corrected chi connectivity index (χ2v) is 6.18. The molecule has 1 aliphatic heterocycles. The van der Waals surface area contributed by atoms with Crippen LogP contribution in [0.2, 0.25) is 0 Å². The lowest BCUT2D eigenvalue weighted by Gasteiger charge is -2.29. The number of nitrogens with one attached hydrogen (secondary N) is 1. The molecule has 1 fully saturated rings. The van der Waals surface area contributed by atoms with E-state index in [1.54, 1.807) is 24.3 Å². The molecule has 0 aromatic heterocycles. The SMILES string of the molecule is CC1(C)OC(=O)C(=CNc2ccc(OCc3ccccc3)cc2)C(=O)O1. The van der Waals surface area contributed by atoms with E-state index in [0.717, 1.165) is 5.56 Å². The number of anilines is 1. The summed E-state index contributed by atoms with van der Waals surface area (Å²) in [6.45, 7) is 3.48. The highest BCUT2D eigenvalue weighted by atomic mass is 16.7. The van der Waals surface area contributed by atoms with Crippen molar-refractivity contribution in [2.75, 3.05) is 5.32 Å². The lowest BCUT2D eigenvalue weighted by atomic mass is 10.2. The Balaban J connectivity index is 1.59. The van der Waals surface area contributed by atoms with Gasteiger partial charge in [0.25, 0.3) is 5.79 Å². The van der Waals surface area contributed by atoms with Gasteiger partial charge in [-0.25, -0.2) is 9.59 Å². The fraction of sp³-hybridized carbons (Fsp3) is 0.200. The van der Waals surface area contributed by atoms with Gasteiger partial charge in [-0.15, -0.1) is 0 Å². The number of hydrogen-bond acceptors (Lipinski definition) is 6. The lowest BCUT2D eigenvalue weighted by Crippen LogP contribution is -2.42. The molecule has 6 heteroatoms. The van der Waals surface area contributed by atoms with Crippen molar-refractivity contribution in [2.24, 2.45) is 0 Å². The third-order valence-electron chi connectivity index (χ3n) is 3.60. The van der Waals surface area contributed by atoms with Crippen molar-refractivity contribution < 1.29 is 23.8 Å². The van der Waals surface area contributed by atoms with Gasteiger partial charge in [0.05, 0.1) is 0 Å². The molecule has 0 aliphatic carbocycles. The van der Waals surface area contributed by atoms with Gasteiger partial charge in [0.15, 0.2) is 5.57 Å². The maximum absolute atomic E-state index is 11.9. The first kappa shape index (κ1) is 17.5. The molecule has 2 aromatic rings. The van der Waals surface area contributed by atoms with Gasteiger partial charge in [-0.1, -0.05) is 30.3 Å². The van der Waals surface area contributed by atoms with Crippen LogP contribution in [0, 0.1) is 0 Å². The van der Waals surface area contributed by atoms with Gasteiger partial charge >= 0.3 is 11.9 Å². The molecule has 0 radical (unpaired) electrons. The van der Waals surface area contributed by atoms with Crippen molar-refractivity contribution in [3.63, 3.8) is 0 Å². The molecule has 1 N–H and O–H groups in total. The normalized spacial score (nSPS) is 15.7. The summed E-state index contributed by atoms with van der Waals surface area (Å²) in [5.74, 6) is -1.98. The third-order valence-corrected chi connectivity index (χ3v) is 3.60. The smallest absolute Gasteiger partial charge is 0.350 e. The first-order valence-corrected chi connectivity index (χ1v) is 8.13. The molecule has 1 aliphatic rings. The van der Waals surface area contributed by atoms with Crippen LogP contribution in [0.15, 0.2) is 66.4 Å². The lowest BCUT2D eigenvalue weighted by molar-refractivity contribution is -0.222. The zero-order valence-corrected chi connectivity index (χ0v) is 14.5. The number of ether oxygens (including phenoxy) is 3. The highest BCUT2D eigenvalue weighted by molar-refractivity contribution is 6.15. The molecule has 0 spiro atoms. The Labute approximate surface area is 151 Å². The monoisotopic (exact) mass is 353 g/mol. The van der Waals surface area contributed by atoms with E-state index in [0.29, 0.717) is 18.0 Å². The molecule has 0 amide bonds. The first-order valence-electron chi connectivity index (χ1n) is 8.13. The van der Waals surface area contributed by atoms with Crippen LogP contribution in [0.5, 0.6) is 5.75 Å². The Kier molecular flexibility index (Phi) is 4.93. The van der Waals surface area contributed by atoms with E-state index in [1.807, 2.05) is 30.3 Å². The molecule has 2 aromatic carbocycles. The van der Waals surface area contributed by atoms with Crippen LogP contribution < -0.4 is 10.1 Å². The highest BCUT2D eigenvalue weighted by Gasteiger charge is 2.38. The van der Waals surface area contributed by atoms with Crippen LogP contribution >= 0.6 is 0 Å². The molecular weight excluding hydrogens is 334 g/mol. The number of esters is 2. The zero-order valence-electron chi connectivity index (χ0n) is 14.5. The molecule has 0 saturated carbocycles. The van der Waals surface area contributed by atoms with Crippen molar-refractivity contribution in [3.05, 3.63) is 71.9 Å². The van der Waals surface area contributed by atoms with Crippen molar-refractivity contribution >= 4 is 17.6 Å². The number of hydrogen-bond donors (Lipinski definition) is 1. The van der Waals surface area contributed by atoms with Crippen LogP contribution in [-0.4, -0.2) is 17.7 Å². The summed E-state index contributed by atoms with van der Waals surface area (Å²) in [6.07, 6.45) is 1.28. The van der Waals surface area contributed by atoms with E-state index in [4.69, 9.17) is 14.2 Å². The quantitative estimate of drug-likeness (QED) is 0.504. The molecule has 0 atom stereocenters. The van der Waals surface area contributed by atoms with Gasteiger partial charge in [0.1, 0.15) is 12.4 Å². The second kappa shape index (κ2) is 7.31. The van der Waals surface area contributed by atoms with Gasteiger partial charge in [-0.2, -0.15) is 0 Å². The van der Waals surface area contributed by atoms with Gasteiger partial charge in [0, 0.05) is 25.7 Å². The second-order valence-electron chi connectivity index (χ2n) is 6.18. The fourth-order valence-electron chi connectivity index (χ4n) is 2.32. The molecule has 6 nitrogen and oxygen atoms in total. The Morgan fingerprint density at radius 3 is 2.19 bits per heavy atom. The third kappa shape index (κ3) is 4.42.